The smallest absolute Gasteiger partial charge is 0.0618 e. The minimum Gasteiger partial charge on any atom is -0.381 e. The van der Waals surface area contributed by atoms with E-state index >= 15 is 0 Å². The number of benzene rings is 1. The normalized spacial score (nSPS) is 18.3. The van der Waals surface area contributed by atoms with Gasteiger partial charge in [-0.1, -0.05) is 15.9 Å². The minimum absolute atomic E-state index is 0.183. The Morgan fingerprint density at radius 3 is 2.87 bits per heavy atom. The zero-order valence-electron chi connectivity index (χ0n) is 9.47. The average Bonchev–Trinajstić information content (AvgIpc) is 2.16. The molecular formula is C12H17BrN2. The molecule has 0 fully saturated rings. The average molecular weight is 269 g/mol. The largest absolute Gasteiger partial charge is 0.381 e. The van der Waals surface area contributed by atoms with E-state index in [2.05, 4.69) is 65.1 Å². The fraction of sp³-hybridized carbons (Fsp3) is 0.500. The van der Waals surface area contributed by atoms with Crippen LogP contribution in [-0.2, 0) is 0 Å². The Bertz CT molecular complexity index is 374. The first kappa shape index (κ1) is 10.8. The molecule has 0 bridgehead atoms. The monoisotopic (exact) mass is 268 g/mol. The number of rotatable bonds is 1. The molecule has 0 atom stereocenters. The maximum atomic E-state index is 3.53. The van der Waals surface area contributed by atoms with Crippen molar-refractivity contribution in [1.29, 1.82) is 0 Å². The topological polar surface area (TPSA) is 15.3 Å². The summed E-state index contributed by atoms with van der Waals surface area (Å²) in [6.45, 7) is 8.78. The summed E-state index contributed by atoms with van der Waals surface area (Å²) in [4.78, 5) is 2.45. The Balaban J connectivity index is 2.49. The molecule has 15 heavy (non-hydrogen) atoms. The molecule has 1 N–H and O–H groups in total. The summed E-state index contributed by atoms with van der Waals surface area (Å²) >= 11 is 3.53. The minimum atomic E-state index is 0.183. The molecule has 0 unspecified atom stereocenters. The van der Waals surface area contributed by atoms with Gasteiger partial charge in [0.05, 0.1) is 16.9 Å². The van der Waals surface area contributed by atoms with E-state index in [-0.39, 0.29) is 5.54 Å². The van der Waals surface area contributed by atoms with E-state index in [1.54, 1.807) is 0 Å². The molecule has 3 heteroatoms. The zero-order valence-corrected chi connectivity index (χ0v) is 11.1. The van der Waals surface area contributed by atoms with Crippen LogP contribution in [0, 0.1) is 0 Å². The number of hydrogen-bond donors (Lipinski definition) is 1. The molecule has 0 aromatic heterocycles. The number of likely N-dealkylation sites (N-methyl/N-ethyl adjacent to an activating group) is 1. The van der Waals surface area contributed by atoms with Gasteiger partial charge in [0.1, 0.15) is 0 Å². The standard InChI is InChI=1S/C12H17BrN2/c1-4-15-11-7-9(13)5-6-10(11)14-8-12(15,2)3/h5-7,14H,4,8H2,1-3H3. The van der Waals surface area contributed by atoms with Gasteiger partial charge in [-0.15, -0.1) is 0 Å². The molecule has 0 saturated heterocycles. The lowest BCUT2D eigenvalue weighted by atomic mass is 9.98. The molecule has 0 amide bonds. The maximum absolute atomic E-state index is 3.53. The van der Waals surface area contributed by atoms with Crippen molar-refractivity contribution in [2.24, 2.45) is 0 Å². The maximum Gasteiger partial charge on any atom is 0.0618 e. The van der Waals surface area contributed by atoms with E-state index in [0.29, 0.717) is 0 Å². The van der Waals surface area contributed by atoms with Gasteiger partial charge in [-0.2, -0.15) is 0 Å². The molecule has 0 aliphatic carbocycles. The second kappa shape index (κ2) is 3.71. The van der Waals surface area contributed by atoms with Gasteiger partial charge in [0.2, 0.25) is 0 Å². The van der Waals surface area contributed by atoms with Gasteiger partial charge in [0, 0.05) is 17.6 Å². The molecule has 0 radical (unpaired) electrons. The van der Waals surface area contributed by atoms with Gasteiger partial charge in [0.25, 0.3) is 0 Å². The molecule has 1 aliphatic rings. The van der Waals surface area contributed by atoms with Crippen LogP contribution in [-0.4, -0.2) is 18.6 Å². The summed E-state index contributed by atoms with van der Waals surface area (Å²) in [7, 11) is 0. The van der Waals surface area contributed by atoms with E-state index < -0.39 is 0 Å². The number of fused-ring (bicyclic) bond motifs is 1. The van der Waals surface area contributed by atoms with Crippen molar-refractivity contribution in [2.75, 3.05) is 23.3 Å². The number of nitrogens with one attached hydrogen (secondary N) is 1. The third kappa shape index (κ3) is 1.85. The summed E-state index contributed by atoms with van der Waals surface area (Å²) in [6.07, 6.45) is 0. The second-order valence-electron chi connectivity index (χ2n) is 4.57. The Labute approximate surface area is 99.8 Å². The molecule has 2 rings (SSSR count). The van der Waals surface area contributed by atoms with Crippen molar-refractivity contribution >= 4 is 27.3 Å². The van der Waals surface area contributed by atoms with Crippen molar-refractivity contribution < 1.29 is 0 Å². The van der Waals surface area contributed by atoms with Crippen LogP contribution in [0.3, 0.4) is 0 Å². The highest BCUT2D eigenvalue weighted by molar-refractivity contribution is 9.10. The predicted molar refractivity (Wildman–Crippen MR) is 69.7 cm³/mol. The van der Waals surface area contributed by atoms with Crippen molar-refractivity contribution in [3.63, 3.8) is 0 Å². The molecule has 1 aromatic rings. The van der Waals surface area contributed by atoms with Crippen LogP contribution in [0.25, 0.3) is 0 Å². The highest BCUT2D eigenvalue weighted by Gasteiger charge is 2.31. The summed E-state index contributed by atoms with van der Waals surface area (Å²) in [5.74, 6) is 0. The summed E-state index contributed by atoms with van der Waals surface area (Å²) in [5.41, 5.74) is 2.71. The van der Waals surface area contributed by atoms with Gasteiger partial charge in [-0.05, 0) is 39.0 Å². The molecule has 1 aliphatic heterocycles. The lowest BCUT2D eigenvalue weighted by Crippen LogP contribution is -2.52. The Hall–Kier alpha value is -0.700. The highest BCUT2D eigenvalue weighted by Crippen LogP contribution is 2.37. The molecule has 0 spiro atoms. The Morgan fingerprint density at radius 2 is 2.20 bits per heavy atom. The Morgan fingerprint density at radius 1 is 1.47 bits per heavy atom. The molecule has 82 valence electrons. The van der Waals surface area contributed by atoms with Crippen LogP contribution in [0.2, 0.25) is 0 Å². The summed E-state index contributed by atoms with van der Waals surface area (Å²) < 4.78 is 1.14. The fourth-order valence-corrected chi connectivity index (χ4v) is 2.56. The van der Waals surface area contributed by atoms with E-state index in [4.69, 9.17) is 0 Å². The van der Waals surface area contributed by atoms with Gasteiger partial charge in [-0.3, -0.25) is 0 Å². The number of halogens is 1. The molecule has 0 saturated carbocycles. The van der Waals surface area contributed by atoms with Gasteiger partial charge in [0.15, 0.2) is 0 Å². The quantitative estimate of drug-likeness (QED) is 0.839. The van der Waals surface area contributed by atoms with Gasteiger partial charge in [-0.25, -0.2) is 0 Å². The predicted octanol–water partition coefficient (Wildman–Crippen LogP) is 3.48. The number of nitrogens with zero attached hydrogens (tertiary/aromatic N) is 1. The summed E-state index contributed by atoms with van der Waals surface area (Å²) in [6, 6.07) is 6.40. The van der Waals surface area contributed by atoms with Crippen LogP contribution in [0.1, 0.15) is 20.8 Å². The molecule has 2 nitrogen and oxygen atoms in total. The zero-order chi connectivity index (χ0) is 11.1. The third-order valence-corrected chi connectivity index (χ3v) is 3.50. The van der Waals surface area contributed by atoms with Crippen LogP contribution < -0.4 is 10.2 Å². The molecular weight excluding hydrogens is 252 g/mol. The van der Waals surface area contributed by atoms with Crippen molar-refractivity contribution in [3.8, 4) is 0 Å². The fourth-order valence-electron chi connectivity index (χ4n) is 2.21. The van der Waals surface area contributed by atoms with E-state index in [1.807, 2.05) is 0 Å². The number of anilines is 2. The van der Waals surface area contributed by atoms with E-state index in [1.165, 1.54) is 11.4 Å². The lowest BCUT2D eigenvalue weighted by molar-refractivity contribution is 0.480. The van der Waals surface area contributed by atoms with Crippen molar-refractivity contribution in [3.05, 3.63) is 22.7 Å². The Kier molecular flexibility index (Phi) is 2.67. The van der Waals surface area contributed by atoms with Crippen LogP contribution >= 0.6 is 15.9 Å². The van der Waals surface area contributed by atoms with Gasteiger partial charge >= 0.3 is 0 Å². The first-order chi connectivity index (χ1) is 7.04. The van der Waals surface area contributed by atoms with Crippen molar-refractivity contribution in [2.45, 2.75) is 26.3 Å². The molecule has 1 aromatic carbocycles. The van der Waals surface area contributed by atoms with Crippen LogP contribution in [0.4, 0.5) is 11.4 Å². The first-order valence-electron chi connectivity index (χ1n) is 5.35. The van der Waals surface area contributed by atoms with Crippen molar-refractivity contribution in [1.82, 2.24) is 0 Å². The SMILES string of the molecule is CCN1c2cc(Br)ccc2NCC1(C)C. The third-order valence-electron chi connectivity index (χ3n) is 3.01. The second-order valence-corrected chi connectivity index (χ2v) is 5.49. The van der Waals surface area contributed by atoms with Crippen LogP contribution in [0.5, 0.6) is 0 Å². The lowest BCUT2D eigenvalue weighted by Gasteiger charge is -2.45. The van der Waals surface area contributed by atoms with Crippen LogP contribution in [0.15, 0.2) is 22.7 Å². The first-order valence-corrected chi connectivity index (χ1v) is 6.15. The highest BCUT2D eigenvalue weighted by atomic mass is 79.9. The van der Waals surface area contributed by atoms with Gasteiger partial charge < -0.3 is 10.2 Å². The van der Waals surface area contributed by atoms with E-state index in [9.17, 15) is 0 Å². The number of hydrogen-bond acceptors (Lipinski definition) is 2. The summed E-state index contributed by atoms with van der Waals surface area (Å²) in [5, 5.41) is 3.48. The van der Waals surface area contributed by atoms with E-state index in [0.717, 1.165) is 17.6 Å². The molecule has 1 heterocycles.